The fraction of sp³-hybridized carbons (Fsp3) is 0.182. The maximum Gasteiger partial charge on any atom is 0.176 e. The largest absolute Gasteiger partial charge is 0.390 e. The molecule has 0 radical (unpaired) electrons. The number of fused-ring (bicyclic) bond motifs is 1. The molecule has 13 heavy (non-hydrogen) atoms. The molecular formula is C11H12NO+. The molecule has 0 fully saturated rings. The van der Waals surface area contributed by atoms with Gasteiger partial charge >= 0.3 is 0 Å². The zero-order valence-corrected chi connectivity index (χ0v) is 7.35. The van der Waals surface area contributed by atoms with E-state index in [9.17, 15) is 0 Å². The zero-order valence-electron chi connectivity index (χ0n) is 7.35. The van der Waals surface area contributed by atoms with Crippen LogP contribution >= 0.6 is 0 Å². The molecule has 0 aliphatic carbocycles. The summed E-state index contributed by atoms with van der Waals surface area (Å²) in [7, 11) is 0. The fourth-order valence-electron chi connectivity index (χ4n) is 1.43. The van der Waals surface area contributed by atoms with Gasteiger partial charge < -0.3 is 5.11 Å². The molecule has 1 aromatic heterocycles. The van der Waals surface area contributed by atoms with Crippen LogP contribution in [0.25, 0.3) is 10.8 Å². The Kier molecular flexibility index (Phi) is 2.23. The number of hydrogen-bond donors (Lipinski definition) is 1. The van der Waals surface area contributed by atoms with Crippen LogP contribution in [0.3, 0.4) is 0 Å². The average molecular weight is 174 g/mol. The smallest absolute Gasteiger partial charge is 0.176 e. The predicted octanol–water partition coefficient (Wildman–Crippen LogP) is 1.12. The molecule has 1 heterocycles. The molecule has 66 valence electrons. The Morgan fingerprint density at radius 3 is 2.62 bits per heavy atom. The monoisotopic (exact) mass is 174 g/mol. The van der Waals surface area contributed by atoms with Crippen molar-refractivity contribution in [3.8, 4) is 0 Å². The first-order valence-corrected chi connectivity index (χ1v) is 4.39. The summed E-state index contributed by atoms with van der Waals surface area (Å²) in [5.41, 5.74) is 0. The highest BCUT2D eigenvalue weighted by molar-refractivity contribution is 5.80. The molecule has 2 heteroatoms. The highest BCUT2D eigenvalue weighted by Crippen LogP contribution is 2.09. The number of pyridine rings is 1. The van der Waals surface area contributed by atoms with Crippen molar-refractivity contribution < 1.29 is 9.67 Å². The zero-order chi connectivity index (χ0) is 9.10. The first-order valence-electron chi connectivity index (χ1n) is 4.39. The number of benzene rings is 1. The second-order valence-corrected chi connectivity index (χ2v) is 3.04. The molecule has 0 aliphatic heterocycles. The number of aliphatic hydroxyl groups excluding tert-OH is 1. The van der Waals surface area contributed by atoms with Crippen molar-refractivity contribution in [2.75, 3.05) is 6.61 Å². The number of aromatic nitrogens is 1. The standard InChI is InChI=1S/C11H12NO/c13-8-7-12-6-5-10-3-1-2-4-11(10)9-12/h1-6,9,13H,7-8H2/q+1. The Morgan fingerprint density at radius 2 is 1.85 bits per heavy atom. The lowest BCUT2D eigenvalue weighted by Crippen LogP contribution is -2.34. The van der Waals surface area contributed by atoms with E-state index in [1.807, 2.05) is 29.1 Å². The van der Waals surface area contributed by atoms with Crippen molar-refractivity contribution in [2.45, 2.75) is 6.54 Å². The Balaban J connectivity index is 2.49. The van der Waals surface area contributed by atoms with Gasteiger partial charge in [0.25, 0.3) is 0 Å². The second kappa shape index (κ2) is 3.54. The van der Waals surface area contributed by atoms with Crippen molar-refractivity contribution in [3.63, 3.8) is 0 Å². The topological polar surface area (TPSA) is 24.1 Å². The molecule has 2 nitrogen and oxygen atoms in total. The molecule has 2 aromatic rings. The Morgan fingerprint density at radius 1 is 1.08 bits per heavy atom. The first-order chi connectivity index (χ1) is 6.40. The lowest BCUT2D eigenvalue weighted by Gasteiger charge is -1.96. The molecule has 1 N–H and O–H groups in total. The van der Waals surface area contributed by atoms with Gasteiger partial charge in [-0.2, -0.15) is 0 Å². The van der Waals surface area contributed by atoms with Gasteiger partial charge in [0, 0.05) is 11.5 Å². The fourth-order valence-corrected chi connectivity index (χ4v) is 1.43. The van der Waals surface area contributed by atoms with Crippen LogP contribution in [0, 0.1) is 0 Å². The van der Waals surface area contributed by atoms with Gasteiger partial charge in [-0.1, -0.05) is 18.2 Å². The van der Waals surface area contributed by atoms with E-state index in [4.69, 9.17) is 5.11 Å². The Hall–Kier alpha value is -1.41. The summed E-state index contributed by atoms with van der Waals surface area (Å²) >= 11 is 0. The SMILES string of the molecule is OCC[n+]1ccc2ccccc2c1. The van der Waals surface area contributed by atoms with Crippen molar-refractivity contribution >= 4 is 10.8 Å². The van der Waals surface area contributed by atoms with Gasteiger partial charge in [-0.3, -0.25) is 0 Å². The number of rotatable bonds is 2. The first kappa shape index (κ1) is 8.20. The summed E-state index contributed by atoms with van der Waals surface area (Å²) in [6.45, 7) is 0.841. The van der Waals surface area contributed by atoms with Crippen LogP contribution in [-0.4, -0.2) is 11.7 Å². The van der Waals surface area contributed by atoms with Crippen LogP contribution in [-0.2, 0) is 6.54 Å². The molecule has 0 saturated carbocycles. The van der Waals surface area contributed by atoms with Crippen LogP contribution in [0.5, 0.6) is 0 Å². The summed E-state index contributed by atoms with van der Waals surface area (Å²) in [5.74, 6) is 0. The number of nitrogens with zero attached hydrogens (tertiary/aromatic N) is 1. The molecule has 0 bridgehead atoms. The third-order valence-electron chi connectivity index (χ3n) is 2.10. The van der Waals surface area contributed by atoms with E-state index in [1.54, 1.807) is 0 Å². The van der Waals surface area contributed by atoms with E-state index in [0.717, 1.165) is 0 Å². The van der Waals surface area contributed by atoms with Gasteiger partial charge in [0.15, 0.2) is 18.9 Å². The van der Waals surface area contributed by atoms with Gasteiger partial charge in [-0.05, 0) is 11.5 Å². The molecular weight excluding hydrogens is 162 g/mol. The molecule has 0 amide bonds. The van der Waals surface area contributed by atoms with Crippen molar-refractivity contribution in [2.24, 2.45) is 0 Å². The van der Waals surface area contributed by atoms with Crippen molar-refractivity contribution in [1.29, 1.82) is 0 Å². The van der Waals surface area contributed by atoms with Crippen LogP contribution in [0.1, 0.15) is 0 Å². The van der Waals surface area contributed by atoms with Crippen molar-refractivity contribution in [3.05, 3.63) is 42.7 Å². The van der Waals surface area contributed by atoms with E-state index in [-0.39, 0.29) is 6.61 Å². The van der Waals surface area contributed by atoms with E-state index in [0.29, 0.717) is 6.54 Å². The third-order valence-corrected chi connectivity index (χ3v) is 2.10. The van der Waals surface area contributed by atoms with Gasteiger partial charge in [0.1, 0.15) is 6.61 Å². The van der Waals surface area contributed by atoms with Crippen LogP contribution in [0.2, 0.25) is 0 Å². The van der Waals surface area contributed by atoms with Gasteiger partial charge in [0.05, 0.1) is 0 Å². The molecule has 1 aromatic carbocycles. The Bertz CT molecular complexity index is 412. The molecule has 0 aliphatic rings. The number of aliphatic hydroxyl groups is 1. The van der Waals surface area contributed by atoms with E-state index in [2.05, 4.69) is 18.2 Å². The van der Waals surface area contributed by atoms with Gasteiger partial charge in [-0.25, -0.2) is 4.57 Å². The minimum absolute atomic E-state index is 0.184. The maximum absolute atomic E-state index is 8.77. The van der Waals surface area contributed by atoms with Crippen LogP contribution < -0.4 is 4.57 Å². The highest BCUT2D eigenvalue weighted by atomic mass is 16.3. The van der Waals surface area contributed by atoms with E-state index < -0.39 is 0 Å². The quantitative estimate of drug-likeness (QED) is 0.678. The van der Waals surface area contributed by atoms with Crippen LogP contribution in [0.4, 0.5) is 0 Å². The molecule has 2 rings (SSSR count). The normalized spacial score (nSPS) is 10.5. The summed E-state index contributed by atoms with van der Waals surface area (Å²) in [5, 5.41) is 11.2. The Labute approximate surface area is 77.1 Å². The van der Waals surface area contributed by atoms with Crippen LogP contribution in [0.15, 0.2) is 42.7 Å². The maximum atomic E-state index is 8.77. The molecule has 0 saturated heterocycles. The van der Waals surface area contributed by atoms with E-state index >= 15 is 0 Å². The molecule has 0 unspecified atom stereocenters. The lowest BCUT2D eigenvalue weighted by molar-refractivity contribution is -0.696. The summed E-state index contributed by atoms with van der Waals surface area (Å²) < 4.78 is 1.99. The highest BCUT2D eigenvalue weighted by Gasteiger charge is 2.00. The molecule has 0 spiro atoms. The lowest BCUT2D eigenvalue weighted by atomic mass is 10.2. The average Bonchev–Trinajstić information content (AvgIpc) is 2.18. The van der Waals surface area contributed by atoms with Crippen molar-refractivity contribution in [1.82, 2.24) is 0 Å². The summed E-state index contributed by atoms with van der Waals surface area (Å²) in [6.07, 6.45) is 4.03. The number of hydrogen-bond acceptors (Lipinski definition) is 1. The van der Waals surface area contributed by atoms with Gasteiger partial charge in [-0.15, -0.1) is 0 Å². The van der Waals surface area contributed by atoms with E-state index in [1.165, 1.54) is 10.8 Å². The second-order valence-electron chi connectivity index (χ2n) is 3.04. The van der Waals surface area contributed by atoms with Gasteiger partial charge in [0.2, 0.25) is 0 Å². The minimum atomic E-state index is 0.184. The minimum Gasteiger partial charge on any atom is -0.390 e. The summed E-state index contributed by atoms with van der Waals surface area (Å²) in [4.78, 5) is 0. The summed E-state index contributed by atoms with van der Waals surface area (Å²) in [6, 6.07) is 10.3. The third kappa shape index (κ3) is 1.68. The molecule has 0 atom stereocenters. The predicted molar refractivity (Wildman–Crippen MR) is 51.2 cm³/mol.